The third-order valence-electron chi connectivity index (χ3n) is 5.48. The number of nitrogens with zero attached hydrogens (tertiary/aromatic N) is 2. The molecule has 0 saturated heterocycles. The molecule has 0 radical (unpaired) electrons. The average Bonchev–Trinajstić information content (AvgIpc) is 2.91. The van der Waals surface area contributed by atoms with Crippen LogP contribution >= 0.6 is 0 Å². The van der Waals surface area contributed by atoms with Gasteiger partial charge < -0.3 is 15.2 Å². The van der Waals surface area contributed by atoms with Crippen LogP contribution in [0.1, 0.15) is 37.0 Å². The number of guanidine groups is 1. The second-order valence-corrected chi connectivity index (χ2v) is 8.12. The molecule has 2 heterocycles. The average molecular weight is 433 g/mol. The first kappa shape index (κ1) is 21.0. The Morgan fingerprint density at radius 1 is 1.16 bits per heavy atom. The van der Waals surface area contributed by atoms with Crippen molar-refractivity contribution in [2.75, 3.05) is 7.05 Å². The number of hydrogen-bond donors (Lipinski definition) is 1. The molecule has 0 fully saturated rings. The number of amides is 1. The lowest BCUT2D eigenvalue weighted by molar-refractivity contribution is -0.274. The van der Waals surface area contributed by atoms with Crippen LogP contribution in [0.5, 0.6) is 17.2 Å². The van der Waals surface area contributed by atoms with Crippen molar-refractivity contribution in [3.05, 3.63) is 53.1 Å². The summed E-state index contributed by atoms with van der Waals surface area (Å²) >= 11 is 0. The third-order valence-corrected chi connectivity index (χ3v) is 5.48. The highest BCUT2D eigenvalue weighted by molar-refractivity contribution is 6.10. The van der Waals surface area contributed by atoms with Gasteiger partial charge in [0.05, 0.1) is 0 Å². The molecule has 2 aliphatic rings. The summed E-state index contributed by atoms with van der Waals surface area (Å²) in [5.74, 6) is 0.142. The molecule has 0 saturated carbocycles. The van der Waals surface area contributed by atoms with Crippen LogP contribution in [0.2, 0.25) is 0 Å². The number of hydrogen-bond acceptors (Lipinski definition) is 5. The summed E-state index contributed by atoms with van der Waals surface area (Å²) in [6, 6.07) is 9.11. The minimum Gasteiger partial charge on any atom is -0.457 e. The first-order valence-electron chi connectivity index (χ1n) is 9.86. The highest BCUT2D eigenvalue weighted by Gasteiger charge is 2.54. The number of likely N-dealkylation sites (N-methyl/N-ethyl adjacent to an activating group) is 1. The lowest BCUT2D eigenvalue weighted by Gasteiger charge is -2.34. The normalized spacial score (nSPS) is 19.9. The molecule has 0 aliphatic carbocycles. The first-order chi connectivity index (χ1) is 14.5. The maximum Gasteiger partial charge on any atom is 0.573 e. The standard InChI is InChI=1S/C22H22F3N3O3/c1-12(2)4-5-13-6-8-17-15(10-13)21(19(29)28(3)20(26)27-21)16-11-14(31-22(23,24)25)7-9-18(16)30-17/h6-12H,4-5H2,1-3H3,(H2,26,27). The highest BCUT2D eigenvalue weighted by Crippen LogP contribution is 2.52. The SMILES string of the molecule is CC(C)CCc1ccc2c(c1)C1(N=C(N)N(C)C1=O)c1cc(OC(F)(F)F)ccc1O2. The molecule has 6 nitrogen and oxygen atoms in total. The number of aliphatic imine (C=N–C) groups is 1. The lowest BCUT2D eigenvalue weighted by atomic mass is 9.79. The van der Waals surface area contributed by atoms with Gasteiger partial charge in [-0.25, -0.2) is 4.99 Å². The van der Waals surface area contributed by atoms with Crippen molar-refractivity contribution in [1.82, 2.24) is 4.90 Å². The topological polar surface area (TPSA) is 77.2 Å². The minimum absolute atomic E-state index is 0.0291. The van der Waals surface area contributed by atoms with Crippen molar-refractivity contribution in [1.29, 1.82) is 0 Å². The Labute approximate surface area is 177 Å². The van der Waals surface area contributed by atoms with Crippen LogP contribution < -0.4 is 15.2 Å². The van der Waals surface area contributed by atoms with Gasteiger partial charge >= 0.3 is 6.36 Å². The Kier molecular flexibility index (Phi) is 4.87. The van der Waals surface area contributed by atoms with E-state index < -0.39 is 23.6 Å². The molecule has 1 amide bonds. The van der Waals surface area contributed by atoms with E-state index in [0.717, 1.165) is 30.5 Å². The number of carbonyl (C=O) groups excluding carboxylic acids is 1. The molecule has 9 heteroatoms. The molecule has 1 atom stereocenters. The van der Waals surface area contributed by atoms with Crippen molar-refractivity contribution in [2.24, 2.45) is 16.6 Å². The van der Waals surface area contributed by atoms with E-state index in [-0.39, 0.29) is 17.3 Å². The van der Waals surface area contributed by atoms with Gasteiger partial charge in [0.2, 0.25) is 5.54 Å². The molecular weight excluding hydrogens is 411 g/mol. The monoisotopic (exact) mass is 433 g/mol. The van der Waals surface area contributed by atoms with Gasteiger partial charge in [-0.05, 0) is 54.7 Å². The van der Waals surface area contributed by atoms with Gasteiger partial charge in [-0.1, -0.05) is 19.9 Å². The zero-order chi connectivity index (χ0) is 22.6. The van der Waals surface area contributed by atoms with Crippen LogP contribution in [-0.2, 0) is 16.8 Å². The van der Waals surface area contributed by atoms with Gasteiger partial charge in [0.15, 0.2) is 5.96 Å². The van der Waals surface area contributed by atoms with Crippen LogP contribution in [-0.4, -0.2) is 30.2 Å². The summed E-state index contributed by atoms with van der Waals surface area (Å²) in [4.78, 5) is 19.0. The number of carbonyl (C=O) groups is 1. The molecule has 0 aromatic heterocycles. The van der Waals surface area contributed by atoms with E-state index >= 15 is 0 Å². The summed E-state index contributed by atoms with van der Waals surface area (Å²) in [5, 5.41) is 0. The van der Waals surface area contributed by atoms with Gasteiger partial charge in [0.1, 0.15) is 17.2 Å². The highest BCUT2D eigenvalue weighted by atomic mass is 19.4. The number of ether oxygens (including phenoxy) is 2. The molecule has 2 N–H and O–H groups in total. The number of rotatable bonds is 4. The Morgan fingerprint density at radius 2 is 1.81 bits per heavy atom. The Hall–Kier alpha value is -3.23. The molecule has 1 spiro atoms. The number of aryl methyl sites for hydroxylation is 1. The fourth-order valence-corrected chi connectivity index (χ4v) is 3.89. The Balaban J connectivity index is 1.90. The number of alkyl halides is 3. The number of halogens is 3. The molecule has 2 aromatic carbocycles. The fourth-order valence-electron chi connectivity index (χ4n) is 3.89. The minimum atomic E-state index is -4.88. The molecule has 1 unspecified atom stereocenters. The smallest absolute Gasteiger partial charge is 0.457 e. The van der Waals surface area contributed by atoms with Crippen LogP contribution in [0, 0.1) is 5.92 Å². The molecule has 164 valence electrons. The molecule has 2 aliphatic heterocycles. The molecule has 0 bridgehead atoms. The van der Waals surface area contributed by atoms with E-state index in [1.54, 1.807) is 6.07 Å². The summed E-state index contributed by atoms with van der Waals surface area (Å²) in [5.41, 5.74) is 5.90. The van der Waals surface area contributed by atoms with Crippen LogP contribution in [0.15, 0.2) is 41.4 Å². The van der Waals surface area contributed by atoms with Crippen LogP contribution in [0.25, 0.3) is 0 Å². The van der Waals surface area contributed by atoms with E-state index in [1.165, 1.54) is 18.0 Å². The lowest BCUT2D eigenvalue weighted by Crippen LogP contribution is -2.42. The second kappa shape index (κ2) is 7.18. The largest absolute Gasteiger partial charge is 0.573 e. The van der Waals surface area contributed by atoms with Crippen LogP contribution in [0.3, 0.4) is 0 Å². The second-order valence-electron chi connectivity index (χ2n) is 8.12. The summed E-state index contributed by atoms with van der Waals surface area (Å²) < 4.78 is 48.4. The molecule has 2 aromatic rings. The maximum absolute atomic E-state index is 13.4. The van der Waals surface area contributed by atoms with Gasteiger partial charge in [0, 0.05) is 18.2 Å². The summed E-state index contributed by atoms with van der Waals surface area (Å²) in [6.07, 6.45) is -3.17. The van der Waals surface area contributed by atoms with E-state index in [9.17, 15) is 18.0 Å². The van der Waals surface area contributed by atoms with Gasteiger partial charge in [0.25, 0.3) is 5.91 Å². The van der Waals surface area contributed by atoms with Crippen molar-refractivity contribution in [3.63, 3.8) is 0 Å². The maximum atomic E-state index is 13.4. The Bertz CT molecular complexity index is 1080. The predicted octanol–water partition coefficient (Wildman–Crippen LogP) is 4.31. The van der Waals surface area contributed by atoms with E-state index in [0.29, 0.717) is 17.2 Å². The molecule has 31 heavy (non-hydrogen) atoms. The zero-order valence-electron chi connectivity index (χ0n) is 17.3. The van der Waals surface area contributed by atoms with Crippen molar-refractivity contribution < 1.29 is 27.4 Å². The summed E-state index contributed by atoms with van der Waals surface area (Å²) in [6.45, 7) is 4.23. The Morgan fingerprint density at radius 3 is 2.39 bits per heavy atom. The van der Waals surface area contributed by atoms with Crippen molar-refractivity contribution in [3.8, 4) is 17.2 Å². The molecule has 4 rings (SSSR count). The number of benzene rings is 2. The van der Waals surface area contributed by atoms with E-state index in [2.05, 4.69) is 23.6 Å². The zero-order valence-corrected chi connectivity index (χ0v) is 17.3. The number of fused-ring (bicyclic) bond motifs is 4. The van der Waals surface area contributed by atoms with E-state index in [1.807, 2.05) is 12.1 Å². The van der Waals surface area contributed by atoms with Gasteiger partial charge in [-0.2, -0.15) is 0 Å². The van der Waals surface area contributed by atoms with Crippen molar-refractivity contribution >= 4 is 11.9 Å². The molecular formula is C22H22F3N3O3. The van der Waals surface area contributed by atoms with Crippen molar-refractivity contribution in [2.45, 2.75) is 38.6 Å². The third kappa shape index (κ3) is 3.58. The van der Waals surface area contributed by atoms with Crippen LogP contribution in [0.4, 0.5) is 13.2 Å². The number of nitrogens with two attached hydrogens (primary N) is 1. The predicted molar refractivity (Wildman–Crippen MR) is 108 cm³/mol. The quantitative estimate of drug-likeness (QED) is 0.780. The summed E-state index contributed by atoms with van der Waals surface area (Å²) in [7, 11) is 1.48. The van der Waals surface area contributed by atoms with E-state index in [4.69, 9.17) is 10.5 Å². The fraction of sp³-hybridized carbons (Fsp3) is 0.364. The first-order valence-corrected chi connectivity index (χ1v) is 9.86. The van der Waals surface area contributed by atoms with Gasteiger partial charge in [-0.15, -0.1) is 13.2 Å². The van der Waals surface area contributed by atoms with Gasteiger partial charge in [-0.3, -0.25) is 9.69 Å².